The third kappa shape index (κ3) is 2.25. The molecule has 2 aromatic carbocycles. The minimum atomic E-state index is -4.56. The van der Waals surface area contributed by atoms with E-state index in [-0.39, 0.29) is 12.2 Å². The van der Waals surface area contributed by atoms with E-state index >= 15 is 0 Å². The summed E-state index contributed by atoms with van der Waals surface area (Å²) < 4.78 is 41.3. The Balaban J connectivity index is 2.21. The average molecular weight is 306 g/mol. The van der Waals surface area contributed by atoms with E-state index in [9.17, 15) is 13.2 Å². The number of halogens is 3. The number of hydrogen-bond acceptors (Lipinski definition) is 3. The topological polar surface area (TPSA) is 44.6 Å². The fourth-order valence-electron chi connectivity index (χ4n) is 2.46. The van der Waals surface area contributed by atoms with Gasteiger partial charge in [0.2, 0.25) is 0 Å². The summed E-state index contributed by atoms with van der Waals surface area (Å²) in [6, 6.07) is 12.3. The molecule has 3 rings (SSSR count). The second kappa shape index (κ2) is 5.14. The Labute approximate surface area is 124 Å². The maximum Gasteiger partial charge on any atom is 0.420 e. The van der Waals surface area contributed by atoms with Gasteiger partial charge < -0.3 is 5.11 Å². The molecule has 22 heavy (non-hydrogen) atoms. The van der Waals surface area contributed by atoms with Gasteiger partial charge in [-0.25, -0.2) is 0 Å². The number of fused-ring (bicyclic) bond motifs is 1. The molecule has 114 valence electrons. The first-order valence-corrected chi connectivity index (χ1v) is 6.66. The summed E-state index contributed by atoms with van der Waals surface area (Å²) in [4.78, 5) is 0. The molecule has 1 atom stereocenters. The zero-order valence-corrected chi connectivity index (χ0v) is 11.4. The molecule has 2 aromatic rings. The van der Waals surface area contributed by atoms with E-state index in [0.717, 1.165) is 6.08 Å². The van der Waals surface area contributed by atoms with Gasteiger partial charge in [-0.1, -0.05) is 42.5 Å². The van der Waals surface area contributed by atoms with Crippen molar-refractivity contribution in [3.05, 3.63) is 70.2 Å². The lowest BCUT2D eigenvalue weighted by atomic mass is 9.87. The van der Waals surface area contributed by atoms with E-state index in [4.69, 9.17) is 5.11 Å². The van der Waals surface area contributed by atoms with Crippen molar-refractivity contribution in [2.75, 3.05) is 0 Å². The minimum absolute atomic E-state index is 0.0236. The molecule has 3 nitrogen and oxygen atoms in total. The zero-order valence-electron chi connectivity index (χ0n) is 11.4. The van der Waals surface area contributed by atoms with E-state index in [1.54, 1.807) is 24.3 Å². The summed E-state index contributed by atoms with van der Waals surface area (Å²) in [6.07, 6.45) is -3.42. The van der Waals surface area contributed by atoms with Crippen LogP contribution in [0.2, 0.25) is 0 Å². The third-order valence-corrected chi connectivity index (χ3v) is 3.70. The lowest BCUT2D eigenvalue weighted by Gasteiger charge is -2.34. The number of nitrogens with one attached hydrogen (secondary N) is 1. The molecule has 0 spiro atoms. The van der Waals surface area contributed by atoms with Gasteiger partial charge in [0.1, 0.15) is 0 Å². The molecule has 1 heterocycles. The Morgan fingerprint density at radius 3 is 2.36 bits per heavy atom. The van der Waals surface area contributed by atoms with E-state index in [2.05, 4.69) is 10.5 Å². The Bertz CT molecular complexity index is 799. The van der Waals surface area contributed by atoms with Gasteiger partial charge >= 0.3 is 6.18 Å². The molecular formula is C16H13F3N2O. The second-order valence-corrected chi connectivity index (χ2v) is 5.09. The summed E-state index contributed by atoms with van der Waals surface area (Å²) in [5.74, 6) is 0. The predicted octanol–water partition coefficient (Wildman–Crippen LogP) is 1.55. The van der Waals surface area contributed by atoms with Gasteiger partial charge in [0.25, 0.3) is 0 Å². The number of hydrogen-bond donors (Lipinski definition) is 2. The lowest BCUT2D eigenvalue weighted by molar-refractivity contribution is -0.180. The highest BCUT2D eigenvalue weighted by molar-refractivity contribution is 5.49. The Hall–Kier alpha value is -2.34. The van der Waals surface area contributed by atoms with Crippen molar-refractivity contribution in [1.82, 2.24) is 5.43 Å². The van der Waals surface area contributed by atoms with Gasteiger partial charge in [0.15, 0.2) is 5.54 Å². The van der Waals surface area contributed by atoms with Crippen molar-refractivity contribution in [3.8, 4) is 0 Å². The quantitative estimate of drug-likeness (QED) is 0.884. The van der Waals surface area contributed by atoms with Crippen LogP contribution >= 0.6 is 0 Å². The first kappa shape index (κ1) is 14.6. The molecule has 6 heteroatoms. The van der Waals surface area contributed by atoms with Crippen molar-refractivity contribution >= 4 is 6.08 Å². The van der Waals surface area contributed by atoms with Crippen LogP contribution < -0.4 is 16.0 Å². The summed E-state index contributed by atoms with van der Waals surface area (Å²) in [7, 11) is 0. The Morgan fingerprint density at radius 2 is 1.73 bits per heavy atom. The summed E-state index contributed by atoms with van der Waals surface area (Å²) in [5, 5.41) is 13.8. The molecule has 0 amide bonds. The molecular weight excluding hydrogens is 293 g/mol. The molecule has 0 saturated carbocycles. The molecule has 0 radical (unpaired) electrons. The van der Waals surface area contributed by atoms with Crippen LogP contribution in [0.1, 0.15) is 11.1 Å². The van der Waals surface area contributed by atoms with E-state index in [1.165, 1.54) is 24.3 Å². The normalized spacial score (nSPS) is 20.4. The van der Waals surface area contributed by atoms with Crippen LogP contribution in [-0.2, 0) is 12.1 Å². The highest BCUT2D eigenvalue weighted by Crippen LogP contribution is 2.41. The lowest BCUT2D eigenvalue weighted by Crippen LogP contribution is -2.55. The number of alkyl halides is 3. The van der Waals surface area contributed by atoms with Crippen molar-refractivity contribution in [3.63, 3.8) is 0 Å². The molecule has 1 aliphatic rings. The molecule has 0 aliphatic carbocycles. The number of para-hydroxylation sites is 1. The first-order valence-electron chi connectivity index (χ1n) is 6.66. The SMILES string of the molecule is OCc1ccc(C2(C(F)(F)F)C=c3ccccc3=NN2)cc1. The molecule has 2 N–H and O–H groups in total. The number of aliphatic hydroxyl groups excluding tert-OH is 1. The number of rotatable bonds is 2. The van der Waals surface area contributed by atoms with Gasteiger partial charge in [-0.15, -0.1) is 0 Å². The summed E-state index contributed by atoms with van der Waals surface area (Å²) in [5.41, 5.74) is 0.459. The summed E-state index contributed by atoms with van der Waals surface area (Å²) >= 11 is 0. The van der Waals surface area contributed by atoms with Crippen LogP contribution in [0.3, 0.4) is 0 Å². The van der Waals surface area contributed by atoms with Crippen LogP contribution in [-0.4, -0.2) is 11.3 Å². The largest absolute Gasteiger partial charge is 0.420 e. The predicted molar refractivity (Wildman–Crippen MR) is 74.9 cm³/mol. The highest BCUT2D eigenvalue weighted by atomic mass is 19.4. The van der Waals surface area contributed by atoms with E-state index in [0.29, 0.717) is 16.1 Å². The maximum absolute atomic E-state index is 13.8. The third-order valence-electron chi connectivity index (χ3n) is 3.70. The maximum atomic E-state index is 13.8. The van der Waals surface area contributed by atoms with Gasteiger partial charge in [0, 0.05) is 5.22 Å². The minimum Gasteiger partial charge on any atom is -0.392 e. The number of nitrogens with zero attached hydrogens (tertiary/aromatic N) is 1. The van der Waals surface area contributed by atoms with E-state index in [1.807, 2.05) is 0 Å². The number of aliphatic hydroxyl groups is 1. The van der Waals surface area contributed by atoms with Gasteiger partial charge in [-0.2, -0.15) is 18.3 Å². The molecule has 1 unspecified atom stereocenters. The fourth-order valence-corrected chi connectivity index (χ4v) is 2.46. The van der Waals surface area contributed by atoms with Crippen LogP contribution in [0.4, 0.5) is 13.2 Å². The fraction of sp³-hybridized carbons (Fsp3) is 0.188. The van der Waals surface area contributed by atoms with Crippen molar-refractivity contribution in [2.45, 2.75) is 18.3 Å². The van der Waals surface area contributed by atoms with Crippen molar-refractivity contribution in [2.24, 2.45) is 5.10 Å². The van der Waals surface area contributed by atoms with Crippen LogP contribution in [0.25, 0.3) is 6.08 Å². The molecule has 1 aliphatic heterocycles. The highest BCUT2D eigenvalue weighted by Gasteiger charge is 2.55. The Morgan fingerprint density at radius 1 is 1.05 bits per heavy atom. The van der Waals surface area contributed by atoms with Crippen molar-refractivity contribution in [1.29, 1.82) is 0 Å². The molecule has 0 aromatic heterocycles. The first-order chi connectivity index (χ1) is 10.5. The molecule has 0 saturated heterocycles. The summed E-state index contributed by atoms with van der Waals surface area (Å²) in [6.45, 7) is -0.219. The average Bonchev–Trinajstić information content (AvgIpc) is 2.53. The van der Waals surface area contributed by atoms with Crippen LogP contribution in [0.15, 0.2) is 53.6 Å². The van der Waals surface area contributed by atoms with Crippen molar-refractivity contribution < 1.29 is 18.3 Å². The zero-order chi connectivity index (χ0) is 15.8. The Kier molecular flexibility index (Phi) is 3.41. The molecule has 0 fully saturated rings. The van der Waals surface area contributed by atoms with Gasteiger partial charge in [0.05, 0.1) is 12.0 Å². The second-order valence-electron chi connectivity index (χ2n) is 5.09. The van der Waals surface area contributed by atoms with Crippen LogP contribution in [0, 0.1) is 0 Å². The standard InChI is InChI=1S/C16H13F3N2O/c17-16(18,19)15(13-7-5-11(10-22)6-8-13)9-12-3-1-2-4-14(12)20-21-15/h1-9,21-22H,10H2. The van der Waals surface area contributed by atoms with E-state index < -0.39 is 11.7 Å². The van der Waals surface area contributed by atoms with Gasteiger partial charge in [-0.05, 0) is 23.3 Å². The van der Waals surface area contributed by atoms with Crippen LogP contribution in [0.5, 0.6) is 0 Å². The number of benzene rings is 2. The van der Waals surface area contributed by atoms with Gasteiger partial charge in [-0.3, -0.25) is 5.43 Å². The molecule has 0 bridgehead atoms. The monoisotopic (exact) mass is 306 g/mol. The smallest absolute Gasteiger partial charge is 0.392 e.